The third kappa shape index (κ3) is 1.74. The SMILES string of the molecule is O=C1C[C@@H](c2ccccc2)c2c(n3ncnc3[nH]c2=O)N1. The van der Waals surface area contributed by atoms with E-state index < -0.39 is 0 Å². The van der Waals surface area contributed by atoms with E-state index in [1.807, 2.05) is 30.3 Å². The highest BCUT2D eigenvalue weighted by Gasteiger charge is 2.31. The van der Waals surface area contributed by atoms with Crippen LogP contribution in [0.15, 0.2) is 41.5 Å². The van der Waals surface area contributed by atoms with Crippen LogP contribution in [0.3, 0.4) is 0 Å². The zero-order valence-corrected chi connectivity index (χ0v) is 10.9. The van der Waals surface area contributed by atoms with Crippen LogP contribution >= 0.6 is 0 Å². The van der Waals surface area contributed by atoms with Crippen molar-refractivity contribution >= 4 is 17.5 Å². The highest BCUT2D eigenvalue weighted by Crippen LogP contribution is 2.34. The number of nitrogens with one attached hydrogen (secondary N) is 2. The highest BCUT2D eigenvalue weighted by atomic mass is 16.2. The summed E-state index contributed by atoms with van der Waals surface area (Å²) in [6.45, 7) is 0. The Morgan fingerprint density at radius 2 is 2.00 bits per heavy atom. The Morgan fingerprint density at radius 3 is 2.81 bits per heavy atom. The Kier molecular flexibility index (Phi) is 2.41. The number of benzene rings is 1. The molecule has 2 aromatic heterocycles. The van der Waals surface area contributed by atoms with Gasteiger partial charge in [-0.15, -0.1) is 0 Å². The van der Waals surface area contributed by atoms with Gasteiger partial charge in [0.25, 0.3) is 5.56 Å². The van der Waals surface area contributed by atoms with Crippen molar-refractivity contribution in [1.82, 2.24) is 19.6 Å². The molecular formula is C14H11N5O2. The fourth-order valence-electron chi connectivity index (χ4n) is 2.76. The summed E-state index contributed by atoms with van der Waals surface area (Å²) < 4.78 is 1.45. The molecule has 0 saturated carbocycles. The topological polar surface area (TPSA) is 92.2 Å². The molecule has 1 aliphatic rings. The number of carbonyl (C=O) groups excluding carboxylic acids is 1. The van der Waals surface area contributed by atoms with E-state index in [0.29, 0.717) is 17.2 Å². The number of anilines is 1. The zero-order chi connectivity index (χ0) is 14.4. The van der Waals surface area contributed by atoms with Crippen molar-refractivity contribution in [1.29, 1.82) is 0 Å². The van der Waals surface area contributed by atoms with Gasteiger partial charge >= 0.3 is 0 Å². The summed E-state index contributed by atoms with van der Waals surface area (Å²) in [7, 11) is 0. The minimum absolute atomic E-state index is 0.140. The standard InChI is InChI=1S/C14H11N5O2/c20-10-6-9(8-4-2-1-3-5-8)11-12(17-10)19-14(15-7-16-19)18-13(11)21/h1-5,7,9H,6H2,(H,17,20)(H,15,16,18,21)/t9-/m0/s1. The first-order chi connectivity index (χ1) is 10.2. The second-order valence-corrected chi connectivity index (χ2v) is 4.93. The van der Waals surface area contributed by atoms with E-state index in [1.165, 1.54) is 10.8 Å². The van der Waals surface area contributed by atoms with Crippen molar-refractivity contribution in [2.24, 2.45) is 0 Å². The van der Waals surface area contributed by atoms with Gasteiger partial charge in [-0.1, -0.05) is 30.3 Å². The van der Waals surface area contributed by atoms with Crippen LogP contribution in [0, 0.1) is 0 Å². The van der Waals surface area contributed by atoms with Gasteiger partial charge in [-0.3, -0.25) is 14.6 Å². The van der Waals surface area contributed by atoms with Gasteiger partial charge in [0.2, 0.25) is 11.7 Å². The van der Waals surface area contributed by atoms with Gasteiger partial charge in [-0.05, 0) is 5.56 Å². The molecular weight excluding hydrogens is 270 g/mol. The number of aromatic amines is 1. The molecule has 1 aromatic carbocycles. The number of fused-ring (bicyclic) bond motifs is 3. The second-order valence-electron chi connectivity index (χ2n) is 4.93. The van der Waals surface area contributed by atoms with Crippen LogP contribution in [0.2, 0.25) is 0 Å². The molecule has 0 unspecified atom stereocenters. The molecule has 2 N–H and O–H groups in total. The molecule has 3 aromatic rings. The van der Waals surface area contributed by atoms with E-state index in [1.54, 1.807) is 0 Å². The highest BCUT2D eigenvalue weighted by molar-refractivity contribution is 5.94. The predicted octanol–water partition coefficient (Wildman–Crippen LogP) is 0.892. The Hall–Kier alpha value is -2.96. The van der Waals surface area contributed by atoms with Crippen molar-refractivity contribution < 1.29 is 4.79 Å². The van der Waals surface area contributed by atoms with Crippen LogP contribution in [0.5, 0.6) is 0 Å². The van der Waals surface area contributed by atoms with Gasteiger partial charge in [0.15, 0.2) is 0 Å². The summed E-state index contributed by atoms with van der Waals surface area (Å²) in [5, 5.41) is 6.79. The van der Waals surface area contributed by atoms with E-state index in [-0.39, 0.29) is 23.8 Å². The smallest absolute Gasteiger partial charge is 0.258 e. The summed E-state index contributed by atoms with van der Waals surface area (Å²) in [5.74, 6) is 0.287. The van der Waals surface area contributed by atoms with Crippen LogP contribution in [0.4, 0.5) is 5.82 Å². The van der Waals surface area contributed by atoms with Crippen molar-refractivity contribution in [2.45, 2.75) is 12.3 Å². The van der Waals surface area contributed by atoms with E-state index in [9.17, 15) is 9.59 Å². The van der Waals surface area contributed by atoms with Crippen molar-refractivity contribution in [3.63, 3.8) is 0 Å². The molecule has 7 nitrogen and oxygen atoms in total. The third-order valence-corrected chi connectivity index (χ3v) is 3.68. The minimum atomic E-state index is -0.285. The first-order valence-corrected chi connectivity index (χ1v) is 6.55. The molecule has 3 heterocycles. The zero-order valence-electron chi connectivity index (χ0n) is 10.9. The summed E-state index contributed by atoms with van der Waals surface area (Å²) in [5.41, 5.74) is 1.19. The number of aromatic nitrogens is 4. The molecule has 0 radical (unpaired) electrons. The molecule has 0 aliphatic carbocycles. The van der Waals surface area contributed by atoms with Crippen LogP contribution in [0.1, 0.15) is 23.5 Å². The lowest BCUT2D eigenvalue weighted by atomic mass is 9.87. The molecule has 104 valence electrons. The van der Waals surface area contributed by atoms with E-state index in [4.69, 9.17) is 0 Å². The number of carbonyl (C=O) groups is 1. The van der Waals surface area contributed by atoms with Crippen molar-refractivity contribution in [2.75, 3.05) is 5.32 Å². The van der Waals surface area contributed by atoms with Crippen molar-refractivity contribution in [3.8, 4) is 0 Å². The van der Waals surface area contributed by atoms with Crippen LogP contribution in [-0.2, 0) is 4.79 Å². The largest absolute Gasteiger partial charge is 0.310 e. The number of nitrogens with zero attached hydrogens (tertiary/aromatic N) is 3. The Morgan fingerprint density at radius 1 is 1.19 bits per heavy atom. The summed E-state index contributed by atoms with van der Waals surface area (Å²) >= 11 is 0. The number of hydrogen-bond acceptors (Lipinski definition) is 4. The Balaban J connectivity index is 2.03. The van der Waals surface area contributed by atoms with Crippen LogP contribution in [0.25, 0.3) is 5.78 Å². The molecule has 1 atom stereocenters. The van der Waals surface area contributed by atoms with Gasteiger partial charge in [-0.25, -0.2) is 0 Å². The van der Waals surface area contributed by atoms with Crippen LogP contribution < -0.4 is 10.9 Å². The molecule has 1 amide bonds. The number of rotatable bonds is 1. The fourth-order valence-corrected chi connectivity index (χ4v) is 2.76. The van der Waals surface area contributed by atoms with Crippen molar-refractivity contribution in [3.05, 3.63) is 58.1 Å². The molecule has 1 aliphatic heterocycles. The molecule has 0 saturated heterocycles. The van der Waals surface area contributed by atoms with Gasteiger partial charge in [-0.2, -0.15) is 14.6 Å². The average Bonchev–Trinajstić information content (AvgIpc) is 2.95. The normalized spacial score (nSPS) is 17.5. The maximum absolute atomic E-state index is 12.4. The van der Waals surface area contributed by atoms with Gasteiger partial charge in [0.1, 0.15) is 12.1 Å². The second kappa shape index (κ2) is 4.27. The van der Waals surface area contributed by atoms with E-state index in [2.05, 4.69) is 20.4 Å². The number of hydrogen-bond donors (Lipinski definition) is 2. The lowest BCUT2D eigenvalue weighted by Crippen LogP contribution is -2.32. The summed E-state index contributed by atoms with van der Waals surface area (Å²) in [6, 6.07) is 9.52. The molecule has 0 fully saturated rings. The quantitative estimate of drug-likeness (QED) is 0.693. The van der Waals surface area contributed by atoms with Gasteiger partial charge in [0.05, 0.1) is 5.56 Å². The lowest BCUT2D eigenvalue weighted by molar-refractivity contribution is -0.116. The first-order valence-electron chi connectivity index (χ1n) is 6.55. The van der Waals surface area contributed by atoms with Gasteiger partial charge in [0, 0.05) is 12.3 Å². The number of amides is 1. The maximum Gasteiger partial charge on any atom is 0.258 e. The lowest BCUT2D eigenvalue weighted by Gasteiger charge is -2.24. The van der Waals surface area contributed by atoms with E-state index in [0.717, 1.165) is 5.56 Å². The fraction of sp³-hybridized carbons (Fsp3) is 0.143. The minimum Gasteiger partial charge on any atom is -0.310 e. The molecule has 7 heteroatoms. The monoisotopic (exact) mass is 281 g/mol. The maximum atomic E-state index is 12.4. The van der Waals surface area contributed by atoms with E-state index >= 15 is 0 Å². The average molecular weight is 281 g/mol. The Labute approximate surface area is 118 Å². The molecule has 4 rings (SSSR count). The molecule has 0 bridgehead atoms. The third-order valence-electron chi connectivity index (χ3n) is 3.68. The molecule has 0 spiro atoms. The molecule has 21 heavy (non-hydrogen) atoms. The predicted molar refractivity (Wildman–Crippen MR) is 75.1 cm³/mol. The number of H-pyrrole nitrogens is 1. The summed E-state index contributed by atoms with van der Waals surface area (Å²) in [4.78, 5) is 31.0. The van der Waals surface area contributed by atoms with Gasteiger partial charge < -0.3 is 5.32 Å². The first kappa shape index (κ1) is 11.8. The summed E-state index contributed by atoms with van der Waals surface area (Å²) in [6.07, 6.45) is 1.57. The van der Waals surface area contributed by atoms with Crippen LogP contribution in [-0.4, -0.2) is 25.5 Å². The Bertz CT molecular complexity index is 897.